The zero-order valence-electron chi connectivity index (χ0n) is 13.7. The van der Waals surface area contributed by atoms with Gasteiger partial charge in [-0.15, -0.1) is 12.4 Å². The molecule has 0 saturated heterocycles. The largest absolute Gasteiger partial charge is 0.344 e. The van der Waals surface area contributed by atoms with Crippen molar-refractivity contribution in [1.82, 2.24) is 10.0 Å². The van der Waals surface area contributed by atoms with Crippen molar-refractivity contribution >= 4 is 39.9 Å². The molecule has 2 amide bonds. The van der Waals surface area contributed by atoms with Gasteiger partial charge in [-0.2, -0.15) is 0 Å². The van der Waals surface area contributed by atoms with Gasteiger partial charge < -0.3 is 16.4 Å². The van der Waals surface area contributed by atoms with E-state index >= 15 is 0 Å². The number of hydrogen-bond acceptors (Lipinski definition) is 5. The highest BCUT2D eigenvalue weighted by Gasteiger charge is 2.19. The van der Waals surface area contributed by atoms with Crippen LogP contribution >= 0.6 is 12.4 Å². The molecular weight excluding hydrogens is 356 g/mol. The summed E-state index contributed by atoms with van der Waals surface area (Å²) in [5.74, 6) is -1.17. The minimum absolute atomic E-state index is 0. The van der Waals surface area contributed by atoms with Gasteiger partial charge in [-0.05, 0) is 32.2 Å². The van der Waals surface area contributed by atoms with Crippen LogP contribution < -0.4 is 21.1 Å². The molecule has 0 heterocycles. The van der Waals surface area contributed by atoms with Crippen LogP contribution in [-0.2, 0) is 19.6 Å². The average molecular weight is 379 g/mol. The van der Waals surface area contributed by atoms with Gasteiger partial charge in [-0.1, -0.05) is 13.0 Å². The number of halogens is 1. The molecule has 0 spiro atoms. The Hall–Kier alpha value is -1.68. The van der Waals surface area contributed by atoms with Gasteiger partial charge in [0, 0.05) is 18.2 Å². The highest BCUT2D eigenvalue weighted by Crippen LogP contribution is 2.15. The molecule has 24 heavy (non-hydrogen) atoms. The highest BCUT2D eigenvalue weighted by molar-refractivity contribution is 7.89. The summed E-state index contributed by atoms with van der Waals surface area (Å²) in [5.41, 5.74) is 5.71. The molecule has 0 aliphatic carbocycles. The van der Waals surface area contributed by atoms with Crippen molar-refractivity contribution in [1.29, 1.82) is 0 Å². The molecule has 0 aliphatic rings. The standard InChI is InChI=1S/C14H22N4O4S.ClH/c1-9(8-15)13(19)17-10(2)14(20)18-11-5-4-6-12(7-11)23(21,22)16-3;/h4-7,9-10,16H,8,15H2,1-3H3,(H,17,19)(H,18,20);1H. The fourth-order valence-electron chi connectivity index (χ4n) is 1.64. The second-order valence-electron chi connectivity index (χ2n) is 5.09. The van der Waals surface area contributed by atoms with E-state index in [0.29, 0.717) is 5.69 Å². The van der Waals surface area contributed by atoms with E-state index in [4.69, 9.17) is 5.73 Å². The van der Waals surface area contributed by atoms with E-state index in [1.165, 1.54) is 32.2 Å². The van der Waals surface area contributed by atoms with Gasteiger partial charge >= 0.3 is 0 Å². The summed E-state index contributed by atoms with van der Waals surface area (Å²) >= 11 is 0. The van der Waals surface area contributed by atoms with E-state index in [-0.39, 0.29) is 29.8 Å². The topological polar surface area (TPSA) is 130 Å². The van der Waals surface area contributed by atoms with E-state index in [2.05, 4.69) is 15.4 Å². The summed E-state index contributed by atoms with van der Waals surface area (Å²) in [6.45, 7) is 3.38. The van der Waals surface area contributed by atoms with Crippen molar-refractivity contribution in [2.45, 2.75) is 24.8 Å². The summed E-state index contributed by atoms with van der Waals surface area (Å²) < 4.78 is 25.7. The molecule has 0 fully saturated rings. The summed E-state index contributed by atoms with van der Waals surface area (Å²) in [6, 6.07) is 5.04. The Morgan fingerprint density at radius 2 is 1.83 bits per heavy atom. The maximum atomic E-state index is 12.1. The number of carbonyl (C=O) groups is 2. The zero-order valence-corrected chi connectivity index (χ0v) is 15.3. The number of nitrogens with two attached hydrogens (primary N) is 1. The van der Waals surface area contributed by atoms with Crippen molar-refractivity contribution in [2.24, 2.45) is 11.7 Å². The second-order valence-corrected chi connectivity index (χ2v) is 6.98. The van der Waals surface area contributed by atoms with Crippen LogP contribution in [0.3, 0.4) is 0 Å². The molecule has 0 aromatic heterocycles. The Balaban J connectivity index is 0.00000529. The number of benzene rings is 1. The molecule has 2 unspecified atom stereocenters. The van der Waals surface area contributed by atoms with Crippen molar-refractivity contribution < 1.29 is 18.0 Å². The number of sulfonamides is 1. The summed E-state index contributed by atoms with van der Waals surface area (Å²) in [7, 11) is -2.29. The minimum Gasteiger partial charge on any atom is -0.344 e. The molecule has 0 radical (unpaired) electrons. The van der Waals surface area contributed by atoms with Crippen molar-refractivity contribution in [3.05, 3.63) is 24.3 Å². The van der Waals surface area contributed by atoms with Gasteiger partial charge in [0.1, 0.15) is 6.04 Å². The van der Waals surface area contributed by atoms with E-state index in [9.17, 15) is 18.0 Å². The quantitative estimate of drug-likeness (QED) is 0.532. The Labute approximate surface area is 148 Å². The number of hydrogen-bond donors (Lipinski definition) is 4. The number of rotatable bonds is 7. The fraction of sp³-hybridized carbons (Fsp3) is 0.429. The lowest BCUT2D eigenvalue weighted by atomic mass is 10.1. The SMILES string of the molecule is CNS(=O)(=O)c1cccc(NC(=O)C(C)NC(=O)C(C)CN)c1.Cl. The normalized spacial score (nSPS) is 13.3. The summed E-state index contributed by atoms with van der Waals surface area (Å²) in [4.78, 5) is 23.8. The van der Waals surface area contributed by atoms with Crippen LogP contribution in [-0.4, -0.2) is 39.9 Å². The van der Waals surface area contributed by atoms with E-state index in [0.717, 1.165) is 0 Å². The van der Waals surface area contributed by atoms with Crippen LogP contribution in [0.5, 0.6) is 0 Å². The van der Waals surface area contributed by atoms with Crippen molar-refractivity contribution in [3.63, 3.8) is 0 Å². The smallest absolute Gasteiger partial charge is 0.246 e. The van der Waals surface area contributed by atoms with Gasteiger partial charge in [-0.25, -0.2) is 13.1 Å². The lowest BCUT2D eigenvalue weighted by Crippen LogP contribution is -2.45. The Morgan fingerprint density at radius 1 is 1.21 bits per heavy atom. The van der Waals surface area contributed by atoms with Crippen molar-refractivity contribution in [2.75, 3.05) is 18.9 Å². The first-order valence-electron chi connectivity index (χ1n) is 7.06. The van der Waals surface area contributed by atoms with Crippen LogP contribution in [0.15, 0.2) is 29.2 Å². The van der Waals surface area contributed by atoms with E-state index in [1.54, 1.807) is 13.0 Å². The molecule has 1 aromatic carbocycles. The van der Waals surface area contributed by atoms with Crippen LogP contribution in [0.25, 0.3) is 0 Å². The lowest BCUT2D eigenvalue weighted by molar-refractivity contribution is -0.128. The maximum absolute atomic E-state index is 12.1. The zero-order chi connectivity index (χ0) is 17.6. The molecule has 2 atom stereocenters. The predicted molar refractivity (Wildman–Crippen MR) is 94.4 cm³/mol. The Morgan fingerprint density at radius 3 is 2.38 bits per heavy atom. The van der Waals surface area contributed by atoms with Crippen molar-refractivity contribution in [3.8, 4) is 0 Å². The molecule has 0 bridgehead atoms. The van der Waals surface area contributed by atoms with Gasteiger partial charge in [0.2, 0.25) is 21.8 Å². The molecule has 5 N–H and O–H groups in total. The summed E-state index contributed by atoms with van der Waals surface area (Å²) in [5, 5.41) is 5.11. The highest BCUT2D eigenvalue weighted by atomic mass is 35.5. The van der Waals surface area contributed by atoms with E-state index < -0.39 is 27.9 Å². The predicted octanol–water partition coefficient (Wildman–Crippen LogP) is 0.0545. The van der Waals surface area contributed by atoms with Gasteiger partial charge in [-0.3, -0.25) is 9.59 Å². The number of nitrogens with one attached hydrogen (secondary N) is 3. The third kappa shape index (κ3) is 6.08. The Kier molecular flexibility index (Phi) is 8.91. The summed E-state index contributed by atoms with van der Waals surface area (Å²) in [6.07, 6.45) is 0. The first-order valence-corrected chi connectivity index (χ1v) is 8.54. The molecule has 10 heteroatoms. The number of anilines is 1. The third-order valence-electron chi connectivity index (χ3n) is 3.23. The maximum Gasteiger partial charge on any atom is 0.246 e. The Bertz CT molecular complexity index is 681. The van der Waals surface area contributed by atoms with Crippen LogP contribution in [0.2, 0.25) is 0 Å². The molecule has 0 saturated carbocycles. The molecule has 1 rings (SSSR count). The average Bonchev–Trinajstić information content (AvgIpc) is 2.53. The fourth-order valence-corrected chi connectivity index (χ4v) is 2.41. The van der Waals surface area contributed by atoms with Gasteiger partial charge in [0.05, 0.1) is 4.90 Å². The van der Waals surface area contributed by atoms with Crippen LogP contribution in [0.4, 0.5) is 5.69 Å². The molecule has 136 valence electrons. The molecule has 1 aromatic rings. The van der Waals surface area contributed by atoms with Gasteiger partial charge in [0.25, 0.3) is 0 Å². The first kappa shape index (κ1) is 22.3. The molecule has 0 aliphatic heterocycles. The molecule has 8 nitrogen and oxygen atoms in total. The van der Waals surface area contributed by atoms with E-state index in [1.807, 2.05) is 0 Å². The lowest BCUT2D eigenvalue weighted by Gasteiger charge is -2.16. The van der Waals surface area contributed by atoms with Crippen LogP contribution in [0.1, 0.15) is 13.8 Å². The third-order valence-corrected chi connectivity index (χ3v) is 4.65. The number of carbonyl (C=O) groups excluding carboxylic acids is 2. The monoisotopic (exact) mass is 378 g/mol. The molecular formula is C14H23ClN4O4S. The number of amides is 2. The second kappa shape index (κ2) is 9.58. The van der Waals surface area contributed by atoms with Gasteiger partial charge in [0.15, 0.2) is 0 Å². The first-order chi connectivity index (χ1) is 10.7. The van der Waals surface area contributed by atoms with Crippen LogP contribution in [0, 0.1) is 5.92 Å². The minimum atomic E-state index is -3.60.